The van der Waals surface area contributed by atoms with Crippen LogP contribution in [0.2, 0.25) is 0 Å². The van der Waals surface area contributed by atoms with Gasteiger partial charge in [0.15, 0.2) is 0 Å². The van der Waals surface area contributed by atoms with Crippen molar-refractivity contribution in [3.05, 3.63) is 48.2 Å². The Morgan fingerprint density at radius 1 is 1.25 bits per heavy atom. The zero-order valence-corrected chi connectivity index (χ0v) is 16.4. The Morgan fingerprint density at radius 3 is 2.68 bits per heavy atom. The van der Waals surface area contributed by atoms with E-state index in [1.165, 1.54) is 25.5 Å². The van der Waals surface area contributed by atoms with Crippen molar-refractivity contribution in [3.8, 4) is 11.6 Å². The van der Waals surface area contributed by atoms with E-state index in [0.717, 1.165) is 31.0 Å². The molecule has 0 spiro atoms. The number of aromatic nitrogens is 1. The molecule has 0 radical (unpaired) electrons. The van der Waals surface area contributed by atoms with E-state index in [9.17, 15) is 4.79 Å². The first kappa shape index (κ1) is 18.6. The first-order valence-corrected chi connectivity index (χ1v) is 9.94. The van der Waals surface area contributed by atoms with Gasteiger partial charge < -0.3 is 19.7 Å². The summed E-state index contributed by atoms with van der Waals surface area (Å²) in [7, 11) is 0. The molecule has 28 heavy (non-hydrogen) atoms. The Morgan fingerprint density at radius 2 is 2.00 bits per heavy atom. The van der Waals surface area contributed by atoms with E-state index in [1.54, 1.807) is 6.20 Å². The summed E-state index contributed by atoms with van der Waals surface area (Å²) in [6.45, 7) is 5.98. The van der Waals surface area contributed by atoms with E-state index >= 15 is 0 Å². The lowest BCUT2D eigenvalue weighted by molar-refractivity contribution is -0.119. The van der Waals surface area contributed by atoms with Gasteiger partial charge in [-0.15, -0.1) is 0 Å². The number of ether oxygens (including phenoxy) is 2. The highest BCUT2D eigenvalue weighted by molar-refractivity contribution is 5.73. The summed E-state index contributed by atoms with van der Waals surface area (Å²) < 4.78 is 11.8. The van der Waals surface area contributed by atoms with E-state index in [0.29, 0.717) is 11.8 Å². The Labute approximate surface area is 165 Å². The van der Waals surface area contributed by atoms with Crippen molar-refractivity contribution in [3.63, 3.8) is 0 Å². The van der Waals surface area contributed by atoms with Crippen molar-refractivity contribution < 1.29 is 14.3 Å². The molecule has 148 valence electrons. The second kappa shape index (κ2) is 8.09. The fraction of sp³-hybridized carbons (Fsp3) is 0.455. The van der Waals surface area contributed by atoms with Crippen LogP contribution in [0.25, 0.3) is 0 Å². The van der Waals surface area contributed by atoms with Crippen LogP contribution >= 0.6 is 0 Å². The van der Waals surface area contributed by atoms with Crippen LogP contribution in [0, 0.1) is 5.92 Å². The van der Waals surface area contributed by atoms with E-state index in [2.05, 4.69) is 39.5 Å². The molecule has 6 heteroatoms. The summed E-state index contributed by atoms with van der Waals surface area (Å²) in [5, 5.41) is 2.91. The van der Waals surface area contributed by atoms with Crippen LogP contribution in [-0.4, -0.2) is 36.7 Å². The summed E-state index contributed by atoms with van der Waals surface area (Å²) in [4.78, 5) is 17.7. The van der Waals surface area contributed by atoms with Gasteiger partial charge in [0.05, 0.1) is 25.7 Å². The van der Waals surface area contributed by atoms with Gasteiger partial charge in [-0.05, 0) is 49.4 Å². The average molecular weight is 381 g/mol. The molecule has 1 N–H and O–H groups in total. The number of rotatable bonds is 8. The van der Waals surface area contributed by atoms with Gasteiger partial charge in [-0.2, -0.15) is 0 Å². The lowest BCUT2D eigenvalue weighted by Gasteiger charge is -2.40. The summed E-state index contributed by atoms with van der Waals surface area (Å²) >= 11 is 0. The Balaban J connectivity index is 1.26. The van der Waals surface area contributed by atoms with Gasteiger partial charge >= 0.3 is 0 Å². The summed E-state index contributed by atoms with van der Waals surface area (Å²) in [5.74, 6) is 2.14. The quantitative estimate of drug-likeness (QED) is 0.760. The maximum absolute atomic E-state index is 11.2. The van der Waals surface area contributed by atoms with E-state index < -0.39 is 0 Å². The lowest BCUT2D eigenvalue weighted by atomic mass is 10.1. The lowest BCUT2D eigenvalue weighted by Crippen LogP contribution is -2.54. The van der Waals surface area contributed by atoms with Crippen LogP contribution in [0.1, 0.15) is 38.3 Å². The van der Waals surface area contributed by atoms with Crippen LogP contribution in [0.3, 0.4) is 0 Å². The molecule has 1 amide bonds. The number of anilines is 1. The highest BCUT2D eigenvalue weighted by Crippen LogP contribution is 2.30. The minimum absolute atomic E-state index is 0.0158. The molecule has 1 aromatic carbocycles. The molecule has 0 unspecified atom stereocenters. The standard InChI is InChI=1S/C22H27N3O3/c1-15(24-16(2)26)18-5-7-19(8-6-18)25-12-21(13-25)28-20-9-10-23-22(11-20)27-14-17-3-4-17/h5-11,15,17,21H,3-4,12-14H2,1-2H3,(H,24,26)/t15-/m0/s1. The van der Waals surface area contributed by atoms with Crippen LogP contribution in [0.4, 0.5) is 5.69 Å². The number of amides is 1. The average Bonchev–Trinajstić information content (AvgIpc) is 3.47. The monoisotopic (exact) mass is 381 g/mol. The molecule has 1 aliphatic heterocycles. The van der Waals surface area contributed by atoms with E-state index in [1.807, 2.05) is 19.1 Å². The minimum Gasteiger partial charge on any atom is -0.486 e. The second-order valence-corrected chi connectivity index (χ2v) is 7.74. The molecule has 4 rings (SSSR count). The molecule has 2 aliphatic rings. The first-order chi connectivity index (χ1) is 13.6. The SMILES string of the molecule is CC(=O)N[C@@H](C)c1ccc(N2CC(Oc3ccnc(OCC4CC4)c3)C2)cc1. The number of hydrogen-bond acceptors (Lipinski definition) is 5. The highest BCUT2D eigenvalue weighted by atomic mass is 16.5. The van der Waals surface area contributed by atoms with Crippen molar-refractivity contribution in [2.75, 3.05) is 24.6 Å². The molecule has 1 saturated carbocycles. The van der Waals surface area contributed by atoms with Gasteiger partial charge in [-0.25, -0.2) is 4.98 Å². The Hall–Kier alpha value is -2.76. The molecule has 1 atom stereocenters. The third-order valence-corrected chi connectivity index (χ3v) is 5.20. The molecule has 1 aliphatic carbocycles. The number of benzene rings is 1. The van der Waals surface area contributed by atoms with Gasteiger partial charge in [-0.3, -0.25) is 4.79 Å². The molecule has 1 saturated heterocycles. The van der Waals surface area contributed by atoms with Crippen LogP contribution in [0.5, 0.6) is 11.6 Å². The summed E-state index contributed by atoms with van der Waals surface area (Å²) in [6, 6.07) is 12.1. The Bertz CT molecular complexity index is 814. The molecule has 2 fully saturated rings. The maximum Gasteiger partial charge on any atom is 0.217 e. The predicted octanol–water partition coefficient (Wildman–Crippen LogP) is 3.34. The number of nitrogens with zero attached hydrogens (tertiary/aromatic N) is 2. The topological polar surface area (TPSA) is 63.7 Å². The third-order valence-electron chi connectivity index (χ3n) is 5.20. The van der Waals surface area contributed by atoms with E-state index in [-0.39, 0.29) is 18.1 Å². The van der Waals surface area contributed by atoms with Crippen LogP contribution in [-0.2, 0) is 4.79 Å². The third kappa shape index (κ3) is 4.74. The van der Waals surface area contributed by atoms with Crippen LogP contribution < -0.4 is 19.7 Å². The van der Waals surface area contributed by atoms with Crippen molar-refractivity contribution >= 4 is 11.6 Å². The van der Waals surface area contributed by atoms with Crippen molar-refractivity contribution in [1.29, 1.82) is 0 Å². The molecular formula is C22H27N3O3. The van der Waals surface area contributed by atoms with Crippen molar-refractivity contribution in [1.82, 2.24) is 10.3 Å². The summed E-state index contributed by atoms with van der Waals surface area (Å²) in [5.41, 5.74) is 2.27. The van der Waals surface area contributed by atoms with E-state index in [4.69, 9.17) is 9.47 Å². The number of nitrogens with one attached hydrogen (secondary N) is 1. The first-order valence-electron chi connectivity index (χ1n) is 9.94. The molecular weight excluding hydrogens is 354 g/mol. The van der Waals surface area contributed by atoms with Crippen molar-refractivity contribution in [2.45, 2.75) is 38.8 Å². The smallest absolute Gasteiger partial charge is 0.217 e. The molecule has 2 aromatic rings. The fourth-order valence-electron chi connectivity index (χ4n) is 3.31. The largest absolute Gasteiger partial charge is 0.486 e. The van der Waals surface area contributed by atoms with Crippen LogP contribution in [0.15, 0.2) is 42.6 Å². The fourth-order valence-corrected chi connectivity index (χ4v) is 3.31. The number of carbonyl (C=O) groups is 1. The maximum atomic E-state index is 11.2. The molecule has 2 heterocycles. The number of pyridine rings is 1. The zero-order chi connectivity index (χ0) is 19.5. The molecule has 0 bridgehead atoms. The minimum atomic E-state index is -0.0171. The number of carbonyl (C=O) groups excluding carboxylic acids is 1. The highest BCUT2D eigenvalue weighted by Gasteiger charge is 2.29. The zero-order valence-electron chi connectivity index (χ0n) is 16.4. The Kier molecular flexibility index (Phi) is 5.37. The summed E-state index contributed by atoms with van der Waals surface area (Å²) in [6.07, 6.45) is 4.43. The van der Waals surface area contributed by atoms with Gasteiger partial charge in [0.2, 0.25) is 11.8 Å². The number of hydrogen-bond donors (Lipinski definition) is 1. The van der Waals surface area contributed by atoms with Gasteiger partial charge in [0.1, 0.15) is 11.9 Å². The molecule has 1 aromatic heterocycles. The molecule has 6 nitrogen and oxygen atoms in total. The van der Waals surface area contributed by atoms with Gasteiger partial charge in [-0.1, -0.05) is 12.1 Å². The van der Waals surface area contributed by atoms with Crippen molar-refractivity contribution in [2.24, 2.45) is 5.92 Å². The normalized spacial score (nSPS) is 17.6. The van der Waals surface area contributed by atoms with Gasteiger partial charge in [0.25, 0.3) is 0 Å². The second-order valence-electron chi connectivity index (χ2n) is 7.74. The van der Waals surface area contributed by atoms with Gasteiger partial charge in [0, 0.05) is 24.9 Å². The predicted molar refractivity (Wildman–Crippen MR) is 108 cm³/mol.